The lowest BCUT2D eigenvalue weighted by atomic mass is 9.73. The molecule has 10 heteroatoms. The van der Waals surface area contributed by atoms with Gasteiger partial charge in [-0.05, 0) is 25.2 Å². The van der Waals surface area contributed by atoms with Crippen molar-refractivity contribution in [3.63, 3.8) is 0 Å². The van der Waals surface area contributed by atoms with E-state index in [-0.39, 0.29) is 5.92 Å². The normalized spacial score (nSPS) is 24.5. The van der Waals surface area contributed by atoms with Crippen molar-refractivity contribution in [1.29, 1.82) is 0 Å². The minimum Gasteiger partial charge on any atom is -0.454 e. The number of hydrogen-bond donors (Lipinski definition) is 3. The van der Waals surface area contributed by atoms with E-state index in [1.54, 1.807) is 0 Å². The quantitative estimate of drug-likeness (QED) is 0.446. The maximum Gasteiger partial charge on any atom is 0.326 e. The first kappa shape index (κ1) is 20.7. The predicted octanol–water partition coefficient (Wildman–Crippen LogP) is 0.266. The van der Waals surface area contributed by atoms with Crippen molar-refractivity contribution >= 4 is 29.8 Å². The molecule has 2 fully saturated rings. The van der Waals surface area contributed by atoms with Crippen molar-refractivity contribution in [2.45, 2.75) is 51.5 Å². The van der Waals surface area contributed by atoms with Gasteiger partial charge < -0.3 is 15.4 Å². The van der Waals surface area contributed by atoms with Gasteiger partial charge in [-0.15, -0.1) is 0 Å². The van der Waals surface area contributed by atoms with Crippen LogP contribution in [-0.4, -0.2) is 60.0 Å². The lowest BCUT2D eigenvalue weighted by molar-refractivity contribution is -0.151. The van der Waals surface area contributed by atoms with E-state index < -0.39 is 48.5 Å². The molecule has 0 aromatic heterocycles. The number of rotatable bonds is 6. The van der Waals surface area contributed by atoms with Gasteiger partial charge in [0, 0.05) is 6.54 Å². The Morgan fingerprint density at radius 2 is 2.04 bits per heavy atom. The molecular formula is C17H26N4O6. The first-order valence-electron chi connectivity index (χ1n) is 9.17. The summed E-state index contributed by atoms with van der Waals surface area (Å²) in [6.07, 6.45) is 3.90. The molecule has 2 aliphatic rings. The van der Waals surface area contributed by atoms with Crippen molar-refractivity contribution in [1.82, 2.24) is 20.9 Å². The largest absolute Gasteiger partial charge is 0.454 e. The Morgan fingerprint density at radius 3 is 2.70 bits per heavy atom. The standard InChI is InChI=1S/C17H26N4O6/c1-3-8-18-15(25)19-12(22)10-27-13(23)9-21-14(24)17(20-16(21)26)7-5-4-6-11(17)2/h11H,3-10H2,1-2H3,(H,20,26)(H2,18,19,22,25)/t11-,17+/m1/s1. The number of esters is 1. The fraction of sp³-hybridized carbons (Fsp3) is 0.706. The molecule has 0 unspecified atom stereocenters. The number of amides is 6. The van der Waals surface area contributed by atoms with Crippen LogP contribution in [0.4, 0.5) is 9.59 Å². The number of hydrogen-bond acceptors (Lipinski definition) is 6. The Morgan fingerprint density at radius 1 is 1.30 bits per heavy atom. The monoisotopic (exact) mass is 382 g/mol. The van der Waals surface area contributed by atoms with Crippen LogP contribution in [0, 0.1) is 5.92 Å². The van der Waals surface area contributed by atoms with Crippen molar-refractivity contribution < 1.29 is 28.7 Å². The van der Waals surface area contributed by atoms with Crippen LogP contribution in [0.2, 0.25) is 0 Å². The average molecular weight is 382 g/mol. The zero-order valence-corrected chi connectivity index (χ0v) is 15.6. The summed E-state index contributed by atoms with van der Waals surface area (Å²) in [4.78, 5) is 60.6. The molecule has 1 saturated heterocycles. The number of carbonyl (C=O) groups excluding carboxylic acids is 5. The Balaban J connectivity index is 1.83. The molecule has 1 spiro atoms. The summed E-state index contributed by atoms with van der Waals surface area (Å²) in [6.45, 7) is 2.92. The van der Waals surface area contributed by atoms with E-state index in [1.165, 1.54) is 0 Å². The SMILES string of the molecule is CCCNC(=O)NC(=O)COC(=O)CN1C(=O)N[C@]2(CCCC[C@H]2C)C1=O. The molecule has 10 nitrogen and oxygen atoms in total. The molecule has 150 valence electrons. The highest BCUT2D eigenvalue weighted by Crippen LogP contribution is 2.38. The van der Waals surface area contributed by atoms with E-state index in [1.807, 2.05) is 19.2 Å². The van der Waals surface area contributed by atoms with Gasteiger partial charge in [0.05, 0.1) is 0 Å². The number of imide groups is 2. The molecule has 2 rings (SSSR count). The number of urea groups is 2. The van der Waals surface area contributed by atoms with Crippen LogP contribution in [0.1, 0.15) is 46.0 Å². The lowest BCUT2D eigenvalue weighted by Crippen LogP contribution is -2.54. The zero-order valence-electron chi connectivity index (χ0n) is 15.6. The molecule has 27 heavy (non-hydrogen) atoms. The summed E-state index contributed by atoms with van der Waals surface area (Å²) < 4.78 is 4.77. The van der Waals surface area contributed by atoms with Crippen LogP contribution >= 0.6 is 0 Å². The van der Waals surface area contributed by atoms with Crippen LogP contribution in [0.3, 0.4) is 0 Å². The molecule has 3 N–H and O–H groups in total. The summed E-state index contributed by atoms with van der Waals surface area (Å²) in [6, 6.07) is -1.31. The van der Waals surface area contributed by atoms with Gasteiger partial charge in [0.25, 0.3) is 11.8 Å². The summed E-state index contributed by atoms with van der Waals surface area (Å²) in [7, 11) is 0. The zero-order chi connectivity index (χ0) is 20.0. The van der Waals surface area contributed by atoms with Crippen LogP contribution in [0.25, 0.3) is 0 Å². The van der Waals surface area contributed by atoms with E-state index in [0.29, 0.717) is 19.4 Å². The Bertz CT molecular complexity index is 637. The van der Waals surface area contributed by atoms with Gasteiger partial charge in [0.15, 0.2) is 6.61 Å². The Hall–Kier alpha value is -2.65. The van der Waals surface area contributed by atoms with Crippen LogP contribution in [0.15, 0.2) is 0 Å². The summed E-state index contributed by atoms with van der Waals surface area (Å²) >= 11 is 0. The molecule has 0 aromatic carbocycles. The van der Waals surface area contributed by atoms with Crippen molar-refractivity contribution in [2.24, 2.45) is 5.92 Å². The van der Waals surface area contributed by atoms with Gasteiger partial charge in [0.2, 0.25) is 0 Å². The highest BCUT2D eigenvalue weighted by Gasteiger charge is 2.55. The third kappa shape index (κ3) is 4.75. The van der Waals surface area contributed by atoms with E-state index >= 15 is 0 Å². The third-order valence-corrected chi connectivity index (χ3v) is 4.94. The van der Waals surface area contributed by atoms with Gasteiger partial charge in [0.1, 0.15) is 12.1 Å². The van der Waals surface area contributed by atoms with E-state index in [4.69, 9.17) is 4.74 Å². The highest BCUT2D eigenvalue weighted by molar-refractivity contribution is 6.09. The van der Waals surface area contributed by atoms with Gasteiger partial charge in [-0.1, -0.05) is 26.7 Å². The Kier molecular flexibility index (Phi) is 6.75. The maximum absolute atomic E-state index is 12.7. The van der Waals surface area contributed by atoms with Gasteiger partial charge in [-0.3, -0.25) is 24.6 Å². The number of carbonyl (C=O) groups is 5. The average Bonchev–Trinajstić information content (AvgIpc) is 2.86. The second-order valence-electron chi connectivity index (χ2n) is 6.90. The van der Waals surface area contributed by atoms with Crippen molar-refractivity contribution in [3.05, 3.63) is 0 Å². The molecule has 0 bridgehead atoms. The molecule has 2 atom stereocenters. The second kappa shape index (κ2) is 8.83. The van der Waals surface area contributed by atoms with E-state index in [2.05, 4.69) is 10.6 Å². The molecule has 0 aromatic rings. The van der Waals surface area contributed by atoms with Crippen LogP contribution < -0.4 is 16.0 Å². The molecule has 1 saturated carbocycles. The number of nitrogens with zero attached hydrogens (tertiary/aromatic N) is 1. The molecule has 1 aliphatic carbocycles. The van der Waals surface area contributed by atoms with E-state index in [9.17, 15) is 24.0 Å². The first-order valence-corrected chi connectivity index (χ1v) is 9.17. The first-order chi connectivity index (χ1) is 12.8. The molecule has 0 radical (unpaired) electrons. The highest BCUT2D eigenvalue weighted by atomic mass is 16.5. The minimum absolute atomic E-state index is 0.0175. The lowest BCUT2D eigenvalue weighted by Gasteiger charge is -2.36. The van der Waals surface area contributed by atoms with E-state index in [0.717, 1.165) is 24.2 Å². The topological polar surface area (TPSA) is 134 Å². The van der Waals surface area contributed by atoms with Crippen molar-refractivity contribution in [3.8, 4) is 0 Å². The fourth-order valence-electron chi connectivity index (χ4n) is 3.41. The third-order valence-electron chi connectivity index (χ3n) is 4.94. The fourth-order valence-corrected chi connectivity index (χ4v) is 3.41. The second-order valence-corrected chi connectivity index (χ2v) is 6.90. The smallest absolute Gasteiger partial charge is 0.326 e. The van der Waals surface area contributed by atoms with Crippen LogP contribution in [-0.2, 0) is 19.1 Å². The summed E-state index contributed by atoms with van der Waals surface area (Å²) in [5.74, 6) is -2.15. The molecular weight excluding hydrogens is 356 g/mol. The van der Waals surface area contributed by atoms with Gasteiger partial charge in [-0.25, -0.2) is 9.59 Å². The molecule has 6 amide bonds. The van der Waals surface area contributed by atoms with Crippen LogP contribution in [0.5, 0.6) is 0 Å². The Labute approximate surface area is 157 Å². The number of nitrogens with one attached hydrogen (secondary N) is 3. The molecule has 1 heterocycles. The number of ether oxygens (including phenoxy) is 1. The van der Waals surface area contributed by atoms with Gasteiger partial charge in [-0.2, -0.15) is 0 Å². The summed E-state index contributed by atoms with van der Waals surface area (Å²) in [5, 5.41) is 7.18. The predicted molar refractivity (Wildman–Crippen MR) is 93.4 cm³/mol. The minimum atomic E-state index is -0.954. The van der Waals surface area contributed by atoms with Crippen molar-refractivity contribution in [2.75, 3.05) is 19.7 Å². The summed E-state index contributed by atoms with van der Waals surface area (Å²) in [5.41, 5.74) is -0.954. The maximum atomic E-state index is 12.7. The molecule has 1 aliphatic heterocycles. The van der Waals surface area contributed by atoms with Gasteiger partial charge >= 0.3 is 18.0 Å².